The first-order valence-corrected chi connectivity index (χ1v) is 4.74. The summed E-state index contributed by atoms with van der Waals surface area (Å²) in [4.78, 5) is 11.0. The molecule has 1 aromatic carbocycles. The van der Waals surface area contributed by atoms with Crippen LogP contribution in [0.15, 0.2) is 18.2 Å². The van der Waals surface area contributed by atoms with Crippen LogP contribution in [0.1, 0.15) is 18.0 Å². The van der Waals surface area contributed by atoms with Gasteiger partial charge in [-0.25, -0.2) is 4.39 Å². The first-order valence-electron chi connectivity index (χ1n) is 4.74. The average Bonchev–Trinajstić information content (AvgIpc) is 2.28. The number of rotatable bonds is 4. The molecule has 1 aromatic rings. The second-order valence-corrected chi connectivity index (χ2v) is 3.28. The molecule has 0 aliphatic heterocycles. The van der Waals surface area contributed by atoms with Crippen molar-refractivity contribution in [3.05, 3.63) is 29.6 Å². The van der Waals surface area contributed by atoms with E-state index in [0.29, 0.717) is 5.56 Å². The molecule has 1 atom stereocenters. The van der Waals surface area contributed by atoms with Crippen LogP contribution in [0.2, 0.25) is 0 Å². The molecule has 0 fully saturated rings. The summed E-state index contributed by atoms with van der Waals surface area (Å²) in [6.45, 7) is 0. The van der Waals surface area contributed by atoms with Crippen LogP contribution < -0.4 is 10.5 Å². The summed E-state index contributed by atoms with van der Waals surface area (Å²) in [5.41, 5.74) is 6.25. The highest BCUT2D eigenvalue weighted by molar-refractivity contribution is 5.70. The van der Waals surface area contributed by atoms with Crippen LogP contribution in [0.25, 0.3) is 0 Å². The molecule has 0 radical (unpaired) electrons. The number of hydrogen-bond donors (Lipinski definition) is 1. The summed E-state index contributed by atoms with van der Waals surface area (Å²) >= 11 is 0. The van der Waals surface area contributed by atoms with E-state index in [9.17, 15) is 9.18 Å². The van der Waals surface area contributed by atoms with Crippen LogP contribution in [0.5, 0.6) is 5.75 Å². The molecule has 0 saturated heterocycles. The molecule has 0 bridgehead atoms. The van der Waals surface area contributed by atoms with Crippen molar-refractivity contribution in [1.29, 1.82) is 0 Å². The number of nitrogens with two attached hydrogens (primary N) is 1. The van der Waals surface area contributed by atoms with Crippen molar-refractivity contribution in [3.8, 4) is 5.75 Å². The molecule has 0 aliphatic rings. The maximum Gasteiger partial charge on any atom is 0.307 e. The van der Waals surface area contributed by atoms with Crippen LogP contribution >= 0.6 is 0 Å². The quantitative estimate of drug-likeness (QED) is 0.790. The predicted octanol–water partition coefficient (Wildman–Crippen LogP) is 1.40. The van der Waals surface area contributed by atoms with E-state index in [4.69, 9.17) is 10.5 Å². The number of halogens is 1. The molecule has 0 spiro atoms. The molecule has 88 valence electrons. The average molecular weight is 227 g/mol. The first kappa shape index (κ1) is 12.4. The highest BCUT2D eigenvalue weighted by Crippen LogP contribution is 2.22. The van der Waals surface area contributed by atoms with Crippen LogP contribution in [0.4, 0.5) is 4.39 Å². The van der Waals surface area contributed by atoms with Crippen molar-refractivity contribution in [2.24, 2.45) is 5.73 Å². The molecule has 4 nitrogen and oxygen atoms in total. The van der Waals surface area contributed by atoms with Crippen LogP contribution in [-0.2, 0) is 9.53 Å². The fraction of sp³-hybridized carbons (Fsp3) is 0.364. The number of methoxy groups -OCH3 is 2. The second-order valence-electron chi connectivity index (χ2n) is 3.28. The molecular formula is C11H14FNO3. The minimum absolute atomic E-state index is 0.0161. The lowest BCUT2D eigenvalue weighted by Gasteiger charge is -2.11. The number of esters is 1. The lowest BCUT2D eigenvalue weighted by atomic mass is 10.0. The Morgan fingerprint density at radius 2 is 2.19 bits per heavy atom. The van der Waals surface area contributed by atoms with Gasteiger partial charge in [0, 0.05) is 6.04 Å². The van der Waals surface area contributed by atoms with E-state index >= 15 is 0 Å². The number of carbonyl (C=O) groups excluding carboxylic acids is 1. The molecule has 1 rings (SSSR count). The molecule has 0 saturated carbocycles. The Balaban J connectivity index is 2.80. The maximum absolute atomic E-state index is 13.3. The van der Waals surface area contributed by atoms with Gasteiger partial charge in [-0.2, -0.15) is 0 Å². The monoisotopic (exact) mass is 227 g/mol. The fourth-order valence-corrected chi connectivity index (χ4v) is 1.29. The summed E-state index contributed by atoms with van der Waals surface area (Å²) in [6, 6.07) is 3.77. The van der Waals surface area contributed by atoms with Crippen LogP contribution in [0.3, 0.4) is 0 Å². The number of hydrogen-bond acceptors (Lipinski definition) is 4. The SMILES string of the molecule is COC(=O)C[C@@H](N)c1ccc(OC)c(F)c1. The van der Waals surface area contributed by atoms with E-state index in [1.807, 2.05) is 0 Å². The molecule has 2 N–H and O–H groups in total. The normalized spacial score (nSPS) is 12.0. The summed E-state index contributed by atoms with van der Waals surface area (Å²) in [5.74, 6) is -0.780. The largest absolute Gasteiger partial charge is 0.494 e. The smallest absolute Gasteiger partial charge is 0.307 e. The Bertz CT molecular complexity index is 381. The Morgan fingerprint density at radius 1 is 1.50 bits per heavy atom. The van der Waals surface area contributed by atoms with Crippen LogP contribution in [-0.4, -0.2) is 20.2 Å². The number of ether oxygens (including phenoxy) is 2. The van der Waals surface area contributed by atoms with Gasteiger partial charge < -0.3 is 15.2 Å². The van der Waals surface area contributed by atoms with Gasteiger partial charge in [-0.1, -0.05) is 6.07 Å². The second kappa shape index (κ2) is 5.46. The highest BCUT2D eigenvalue weighted by atomic mass is 19.1. The molecule has 0 unspecified atom stereocenters. The highest BCUT2D eigenvalue weighted by Gasteiger charge is 2.13. The molecule has 16 heavy (non-hydrogen) atoms. The van der Waals surface area contributed by atoms with E-state index < -0.39 is 17.8 Å². The fourth-order valence-electron chi connectivity index (χ4n) is 1.29. The minimum atomic E-state index is -0.576. The van der Waals surface area contributed by atoms with Crippen molar-refractivity contribution >= 4 is 5.97 Å². The van der Waals surface area contributed by atoms with Crippen molar-refractivity contribution in [3.63, 3.8) is 0 Å². The third-order valence-electron chi connectivity index (χ3n) is 2.22. The van der Waals surface area contributed by atoms with Crippen molar-refractivity contribution in [2.45, 2.75) is 12.5 Å². The Labute approximate surface area is 93.2 Å². The molecule has 0 heterocycles. The first-order chi connectivity index (χ1) is 7.58. The summed E-state index contributed by atoms with van der Waals surface area (Å²) in [5, 5.41) is 0. The molecule has 0 aromatic heterocycles. The minimum Gasteiger partial charge on any atom is -0.494 e. The van der Waals surface area contributed by atoms with Gasteiger partial charge in [-0.3, -0.25) is 4.79 Å². The van der Waals surface area contributed by atoms with Crippen molar-refractivity contribution < 1.29 is 18.7 Å². The predicted molar refractivity (Wildman–Crippen MR) is 56.5 cm³/mol. The van der Waals surface area contributed by atoms with Crippen LogP contribution in [0, 0.1) is 5.82 Å². The lowest BCUT2D eigenvalue weighted by molar-refractivity contribution is -0.141. The van der Waals surface area contributed by atoms with E-state index in [1.165, 1.54) is 26.4 Å². The van der Waals surface area contributed by atoms with E-state index in [2.05, 4.69) is 4.74 Å². The molecule has 5 heteroatoms. The van der Waals surface area contributed by atoms with Gasteiger partial charge in [0.1, 0.15) is 0 Å². The third kappa shape index (κ3) is 2.93. The van der Waals surface area contributed by atoms with Gasteiger partial charge in [0.25, 0.3) is 0 Å². The van der Waals surface area contributed by atoms with E-state index in [-0.39, 0.29) is 12.2 Å². The third-order valence-corrected chi connectivity index (χ3v) is 2.22. The zero-order valence-electron chi connectivity index (χ0n) is 9.20. The van der Waals surface area contributed by atoms with Crippen molar-refractivity contribution in [1.82, 2.24) is 0 Å². The van der Waals surface area contributed by atoms with Gasteiger partial charge in [0.2, 0.25) is 0 Å². The zero-order valence-corrected chi connectivity index (χ0v) is 9.20. The molecule has 0 amide bonds. The zero-order chi connectivity index (χ0) is 12.1. The van der Waals surface area contributed by atoms with Gasteiger partial charge in [-0.15, -0.1) is 0 Å². The summed E-state index contributed by atoms with van der Waals surface area (Å²) < 4.78 is 22.6. The number of carbonyl (C=O) groups is 1. The van der Waals surface area contributed by atoms with Gasteiger partial charge in [0.15, 0.2) is 11.6 Å². The lowest BCUT2D eigenvalue weighted by Crippen LogP contribution is -2.16. The topological polar surface area (TPSA) is 61.5 Å². The van der Waals surface area contributed by atoms with Gasteiger partial charge in [-0.05, 0) is 17.7 Å². The standard InChI is InChI=1S/C11H14FNO3/c1-15-10-4-3-7(5-8(10)12)9(13)6-11(14)16-2/h3-5,9H,6,13H2,1-2H3/t9-/m1/s1. The Kier molecular flexibility index (Phi) is 4.25. The van der Waals surface area contributed by atoms with Gasteiger partial charge in [0.05, 0.1) is 20.6 Å². The van der Waals surface area contributed by atoms with Crippen molar-refractivity contribution in [2.75, 3.05) is 14.2 Å². The Morgan fingerprint density at radius 3 is 2.69 bits per heavy atom. The summed E-state index contributed by atoms with van der Waals surface area (Å²) in [7, 11) is 2.66. The van der Waals surface area contributed by atoms with E-state index in [1.54, 1.807) is 6.07 Å². The molecule has 0 aliphatic carbocycles. The summed E-state index contributed by atoms with van der Waals surface area (Å²) in [6.07, 6.45) is 0.0161. The Hall–Kier alpha value is -1.62. The van der Waals surface area contributed by atoms with E-state index in [0.717, 1.165) is 0 Å². The number of benzene rings is 1. The van der Waals surface area contributed by atoms with Gasteiger partial charge >= 0.3 is 5.97 Å². The molecular weight excluding hydrogens is 213 g/mol. The maximum atomic E-state index is 13.3.